The quantitative estimate of drug-likeness (QED) is 0.806. The summed E-state index contributed by atoms with van der Waals surface area (Å²) >= 11 is 1.49. The zero-order valence-electron chi connectivity index (χ0n) is 12.8. The van der Waals surface area contributed by atoms with Crippen LogP contribution in [0.4, 0.5) is 5.00 Å². The molecule has 3 N–H and O–H groups in total. The Morgan fingerprint density at radius 3 is 2.73 bits per heavy atom. The number of likely N-dealkylation sites (tertiary alicyclic amines) is 1. The molecule has 22 heavy (non-hydrogen) atoms. The van der Waals surface area contributed by atoms with Gasteiger partial charge in [0.1, 0.15) is 5.00 Å². The summed E-state index contributed by atoms with van der Waals surface area (Å²) in [6.07, 6.45) is 3.83. The molecule has 0 bridgehead atoms. The summed E-state index contributed by atoms with van der Waals surface area (Å²) in [7, 11) is 2.17. The molecule has 120 valence electrons. The van der Waals surface area contributed by atoms with Gasteiger partial charge in [-0.2, -0.15) is 0 Å². The highest BCUT2D eigenvalue weighted by Crippen LogP contribution is 2.37. The van der Waals surface area contributed by atoms with E-state index in [1.165, 1.54) is 29.1 Å². The van der Waals surface area contributed by atoms with E-state index in [4.69, 9.17) is 5.73 Å². The predicted octanol–water partition coefficient (Wildman–Crippen LogP) is 0.868. The van der Waals surface area contributed by atoms with E-state index in [1.807, 2.05) is 0 Å². The van der Waals surface area contributed by atoms with Crippen LogP contribution >= 0.6 is 11.3 Å². The van der Waals surface area contributed by atoms with Crippen molar-refractivity contribution >= 4 is 28.7 Å². The number of hydrogen-bond donors (Lipinski definition) is 2. The molecule has 1 aromatic rings. The van der Waals surface area contributed by atoms with Gasteiger partial charge in [0, 0.05) is 24.0 Å². The number of carbonyl (C=O) groups excluding carboxylic acids is 2. The van der Waals surface area contributed by atoms with Gasteiger partial charge in [-0.3, -0.25) is 14.5 Å². The molecule has 7 heteroatoms. The van der Waals surface area contributed by atoms with E-state index in [1.54, 1.807) is 0 Å². The Kier molecular flexibility index (Phi) is 4.46. The van der Waals surface area contributed by atoms with Crippen LogP contribution in [0.1, 0.15) is 33.6 Å². The van der Waals surface area contributed by atoms with Gasteiger partial charge < -0.3 is 16.0 Å². The first-order valence-electron chi connectivity index (χ1n) is 7.67. The number of rotatable bonds is 4. The Bertz CT molecular complexity index is 578. The second kappa shape index (κ2) is 6.36. The minimum atomic E-state index is -0.449. The maximum Gasteiger partial charge on any atom is 0.251 e. The zero-order valence-corrected chi connectivity index (χ0v) is 13.6. The first kappa shape index (κ1) is 15.5. The molecule has 0 aromatic carbocycles. The van der Waals surface area contributed by atoms with Crippen molar-refractivity contribution in [2.24, 2.45) is 5.73 Å². The lowest BCUT2D eigenvalue weighted by Crippen LogP contribution is -2.45. The second-order valence-electron chi connectivity index (χ2n) is 6.09. The van der Waals surface area contributed by atoms with Crippen LogP contribution in [-0.2, 0) is 17.8 Å². The summed E-state index contributed by atoms with van der Waals surface area (Å²) < 4.78 is 0. The van der Waals surface area contributed by atoms with Gasteiger partial charge in [-0.1, -0.05) is 0 Å². The molecular formula is C15H22N4O2S. The monoisotopic (exact) mass is 322 g/mol. The molecule has 6 nitrogen and oxygen atoms in total. The highest BCUT2D eigenvalue weighted by atomic mass is 32.1. The summed E-state index contributed by atoms with van der Waals surface area (Å²) in [5.41, 5.74) is 7.04. The summed E-state index contributed by atoms with van der Waals surface area (Å²) in [5, 5.41) is 3.22. The van der Waals surface area contributed by atoms with Crippen molar-refractivity contribution in [1.29, 1.82) is 0 Å². The number of nitrogens with zero attached hydrogens (tertiary/aromatic N) is 2. The van der Waals surface area contributed by atoms with Gasteiger partial charge in [-0.15, -0.1) is 11.3 Å². The van der Waals surface area contributed by atoms with Crippen molar-refractivity contribution in [2.75, 3.05) is 32.0 Å². The molecular weight excluding hydrogens is 300 g/mol. The third-order valence-electron chi connectivity index (χ3n) is 4.73. The van der Waals surface area contributed by atoms with Crippen LogP contribution in [0.5, 0.6) is 0 Å². The van der Waals surface area contributed by atoms with Gasteiger partial charge in [-0.25, -0.2) is 0 Å². The molecule has 2 amide bonds. The highest BCUT2D eigenvalue weighted by Gasteiger charge is 2.31. The number of amides is 2. The van der Waals surface area contributed by atoms with Crippen LogP contribution in [0, 0.1) is 0 Å². The fourth-order valence-corrected chi connectivity index (χ4v) is 4.75. The van der Waals surface area contributed by atoms with Gasteiger partial charge in [0.2, 0.25) is 6.41 Å². The molecule has 3 rings (SSSR count). The summed E-state index contributed by atoms with van der Waals surface area (Å²) in [4.78, 5) is 28.5. The van der Waals surface area contributed by atoms with E-state index in [0.717, 1.165) is 38.2 Å². The number of carbonyl (C=O) groups is 2. The number of hydrogen-bond acceptors (Lipinski definition) is 5. The number of nitrogens with two attached hydrogens (primary N) is 1. The molecule has 0 aliphatic carbocycles. The van der Waals surface area contributed by atoms with E-state index in [0.29, 0.717) is 23.0 Å². The van der Waals surface area contributed by atoms with Gasteiger partial charge in [0.15, 0.2) is 0 Å². The van der Waals surface area contributed by atoms with Crippen molar-refractivity contribution < 1.29 is 9.59 Å². The lowest BCUT2D eigenvalue weighted by molar-refractivity contribution is -0.105. The van der Waals surface area contributed by atoms with E-state index in [2.05, 4.69) is 22.2 Å². The van der Waals surface area contributed by atoms with Crippen LogP contribution in [0.2, 0.25) is 0 Å². The average Bonchev–Trinajstić information content (AvgIpc) is 2.85. The zero-order chi connectivity index (χ0) is 15.7. The molecule has 1 saturated heterocycles. The van der Waals surface area contributed by atoms with Crippen LogP contribution in [0.3, 0.4) is 0 Å². The fourth-order valence-electron chi connectivity index (χ4n) is 3.51. The molecule has 0 saturated carbocycles. The molecule has 2 aliphatic heterocycles. The highest BCUT2D eigenvalue weighted by molar-refractivity contribution is 7.16. The first-order valence-corrected chi connectivity index (χ1v) is 8.49. The lowest BCUT2D eigenvalue weighted by atomic mass is 9.97. The van der Waals surface area contributed by atoms with E-state index >= 15 is 0 Å². The normalized spacial score (nSPS) is 20.6. The van der Waals surface area contributed by atoms with Crippen LogP contribution in [0.25, 0.3) is 0 Å². The summed E-state index contributed by atoms with van der Waals surface area (Å²) in [6, 6.07) is 0.617. The van der Waals surface area contributed by atoms with Crippen molar-refractivity contribution in [3.05, 3.63) is 16.0 Å². The van der Waals surface area contributed by atoms with Gasteiger partial charge >= 0.3 is 0 Å². The minimum Gasteiger partial charge on any atom is -0.365 e. The number of nitrogens with one attached hydrogen (secondary N) is 1. The van der Waals surface area contributed by atoms with Crippen LogP contribution in [-0.4, -0.2) is 54.8 Å². The Balaban J connectivity index is 1.79. The molecule has 0 unspecified atom stereocenters. The van der Waals surface area contributed by atoms with Crippen LogP contribution < -0.4 is 11.1 Å². The first-order chi connectivity index (χ1) is 10.6. The topological polar surface area (TPSA) is 78.7 Å². The molecule has 0 radical (unpaired) electrons. The number of piperidine rings is 1. The maximum absolute atomic E-state index is 11.7. The van der Waals surface area contributed by atoms with Gasteiger partial charge in [0.05, 0.1) is 5.56 Å². The number of fused-ring (bicyclic) bond motifs is 1. The molecule has 0 atom stereocenters. The standard InChI is InChI=1S/C15H22N4O2S/c1-18-5-2-10(3-6-18)19-7-4-11-12(8-19)22-15(17-9-20)13(11)14(16)21/h9-10H,2-8H2,1H3,(H2,16,21)(H,17,20). The third kappa shape index (κ3) is 2.88. The Morgan fingerprint density at radius 1 is 1.36 bits per heavy atom. The van der Waals surface area contributed by atoms with Gasteiger partial charge in [0.25, 0.3) is 5.91 Å². The lowest BCUT2D eigenvalue weighted by Gasteiger charge is -2.39. The molecule has 0 spiro atoms. The molecule has 3 heterocycles. The van der Waals surface area contributed by atoms with E-state index in [-0.39, 0.29) is 0 Å². The minimum absolute atomic E-state index is 0.449. The fraction of sp³-hybridized carbons (Fsp3) is 0.600. The SMILES string of the molecule is CN1CCC(N2CCc3c(sc(NC=O)c3C(N)=O)C2)CC1. The molecule has 1 fully saturated rings. The Labute approximate surface area is 134 Å². The Morgan fingerprint density at radius 2 is 2.09 bits per heavy atom. The van der Waals surface area contributed by atoms with Crippen molar-refractivity contribution in [2.45, 2.75) is 31.8 Å². The largest absolute Gasteiger partial charge is 0.365 e. The van der Waals surface area contributed by atoms with E-state index < -0.39 is 5.91 Å². The predicted molar refractivity (Wildman–Crippen MR) is 87.2 cm³/mol. The molecule has 2 aliphatic rings. The number of primary amides is 1. The number of anilines is 1. The average molecular weight is 322 g/mol. The Hall–Kier alpha value is -1.44. The van der Waals surface area contributed by atoms with Crippen molar-refractivity contribution in [3.63, 3.8) is 0 Å². The van der Waals surface area contributed by atoms with Gasteiger partial charge in [-0.05, 0) is 45.0 Å². The number of thiophene rings is 1. The summed E-state index contributed by atoms with van der Waals surface area (Å²) in [6.45, 7) is 4.10. The molecule has 1 aromatic heterocycles. The van der Waals surface area contributed by atoms with Crippen molar-refractivity contribution in [1.82, 2.24) is 9.80 Å². The summed E-state index contributed by atoms with van der Waals surface area (Å²) in [5.74, 6) is -0.449. The van der Waals surface area contributed by atoms with Crippen molar-refractivity contribution in [3.8, 4) is 0 Å². The van der Waals surface area contributed by atoms with Crippen LogP contribution in [0.15, 0.2) is 0 Å². The smallest absolute Gasteiger partial charge is 0.251 e. The maximum atomic E-state index is 11.7. The second-order valence-corrected chi connectivity index (χ2v) is 7.19. The third-order valence-corrected chi connectivity index (χ3v) is 5.88. The van der Waals surface area contributed by atoms with E-state index in [9.17, 15) is 9.59 Å².